The predicted octanol–water partition coefficient (Wildman–Crippen LogP) is 4.48. The number of carbonyl (C=O) groups excluding carboxylic acids is 1. The van der Waals surface area contributed by atoms with Crippen LogP contribution in [0.15, 0.2) is 59.0 Å². The molecule has 0 N–H and O–H groups in total. The number of rotatable bonds is 4. The number of aromatic nitrogens is 2. The van der Waals surface area contributed by atoms with E-state index in [2.05, 4.69) is 10.2 Å². The maximum atomic E-state index is 12.6. The Morgan fingerprint density at radius 3 is 2.44 bits per heavy atom. The number of halogens is 1. The third-order valence-corrected chi connectivity index (χ3v) is 5.20. The van der Waals surface area contributed by atoms with Gasteiger partial charge < -0.3 is 9.32 Å². The van der Waals surface area contributed by atoms with Crippen molar-refractivity contribution in [3.8, 4) is 11.5 Å². The summed E-state index contributed by atoms with van der Waals surface area (Å²) in [5.74, 6) is 1.73. The second-order valence-electron chi connectivity index (χ2n) is 6.81. The molecule has 4 rings (SSSR count). The van der Waals surface area contributed by atoms with Crippen LogP contribution in [0.25, 0.3) is 11.5 Å². The molecule has 0 spiro atoms. The fourth-order valence-corrected chi connectivity index (χ4v) is 3.52. The van der Waals surface area contributed by atoms with E-state index in [9.17, 15) is 4.79 Å². The first-order valence-corrected chi connectivity index (χ1v) is 9.49. The highest BCUT2D eigenvalue weighted by Crippen LogP contribution is 2.24. The average molecular weight is 382 g/mol. The zero-order chi connectivity index (χ0) is 18.6. The molecule has 0 atom stereocenters. The van der Waals surface area contributed by atoms with E-state index in [4.69, 9.17) is 16.0 Å². The highest BCUT2D eigenvalue weighted by Gasteiger charge is 2.25. The van der Waals surface area contributed by atoms with E-state index in [1.54, 1.807) is 24.3 Å². The normalized spacial score (nSPS) is 15.1. The summed E-state index contributed by atoms with van der Waals surface area (Å²) in [6.45, 7) is 1.48. The molecule has 1 fully saturated rings. The Morgan fingerprint density at radius 2 is 1.74 bits per heavy atom. The maximum absolute atomic E-state index is 12.6. The van der Waals surface area contributed by atoms with Crippen LogP contribution in [0.3, 0.4) is 0 Å². The molecule has 1 aliphatic rings. The van der Waals surface area contributed by atoms with E-state index in [-0.39, 0.29) is 5.91 Å². The molecule has 0 saturated carbocycles. The van der Waals surface area contributed by atoms with Crippen molar-refractivity contribution in [3.63, 3.8) is 0 Å². The summed E-state index contributed by atoms with van der Waals surface area (Å²) in [7, 11) is 0. The van der Waals surface area contributed by atoms with Gasteiger partial charge >= 0.3 is 0 Å². The first-order valence-electron chi connectivity index (χ1n) is 9.11. The van der Waals surface area contributed by atoms with Gasteiger partial charge in [-0.25, -0.2) is 0 Å². The van der Waals surface area contributed by atoms with Gasteiger partial charge in [-0.05, 0) is 55.2 Å². The van der Waals surface area contributed by atoms with E-state index < -0.39 is 0 Å². The van der Waals surface area contributed by atoms with Crippen molar-refractivity contribution in [2.75, 3.05) is 13.1 Å². The molecular weight excluding hydrogens is 362 g/mol. The van der Waals surface area contributed by atoms with Crippen molar-refractivity contribution in [2.24, 2.45) is 5.92 Å². The zero-order valence-corrected chi connectivity index (χ0v) is 15.6. The standard InChI is InChI=1S/C21H20ClN3O2/c22-18-8-6-17(7-9-18)21(26)25-12-10-15(11-13-25)14-19-23-24-20(27-19)16-4-2-1-3-5-16/h1-9,15H,10-14H2. The molecular formula is C21H20ClN3O2. The van der Waals surface area contributed by atoms with Crippen molar-refractivity contribution < 1.29 is 9.21 Å². The minimum Gasteiger partial charge on any atom is -0.421 e. The number of amides is 1. The molecule has 1 aromatic heterocycles. The quantitative estimate of drug-likeness (QED) is 0.668. The summed E-state index contributed by atoms with van der Waals surface area (Å²) in [6.07, 6.45) is 2.62. The summed E-state index contributed by atoms with van der Waals surface area (Å²) in [4.78, 5) is 14.5. The molecule has 0 radical (unpaired) electrons. The van der Waals surface area contributed by atoms with Gasteiger partial charge in [0.1, 0.15) is 0 Å². The van der Waals surface area contributed by atoms with Gasteiger partial charge in [-0.15, -0.1) is 10.2 Å². The van der Waals surface area contributed by atoms with Gasteiger partial charge in [0.25, 0.3) is 5.91 Å². The van der Waals surface area contributed by atoms with Crippen LogP contribution in [0.1, 0.15) is 29.1 Å². The van der Waals surface area contributed by atoms with E-state index in [1.807, 2.05) is 35.2 Å². The van der Waals surface area contributed by atoms with Gasteiger partial charge in [-0.3, -0.25) is 4.79 Å². The Labute approximate surface area is 163 Å². The van der Waals surface area contributed by atoms with Crippen molar-refractivity contribution in [1.29, 1.82) is 0 Å². The molecule has 0 unspecified atom stereocenters. The lowest BCUT2D eigenvalue weighted by Crippen LogP contribution is -2.38. The van der Waals surface area contributed by atoms with Gasteiger partial charge in [-0.1, -0.05) is 29.8 Å². The van der Waals surface area contributed by atoms with Gasteiger partial charge in [0.15, 0.2) is 0 Å². The Bertz CT molecular complexity index is 901. The number of nitrogens with zero attached hydrogens (tertiary/aromatic N) is 3. The van der Waals surface area contributed by atoms with Gasteiger partial charge in [0.05, 0.1) is 0 Å². The lowest BCUT2D eigenvalue weighted by Gasteiger charge is -2.31. The number of hydrogen-bond donors (Lipinski definition) is 0. The van der Waals surface area contributed by atoms with Crippen LogP contribution in [0.2, 0.25) is 5.02 Å². The summed E-state index contributed by atoms with van der Waals surface area (Å²) in [5.41, 5.74) is 1.61. The maximum Gasteiger partial charge on any atom is 0.253 e. The molecule has 1 saturated heterocycles. The molecule has 0 aliphatic carbocycles. The van der Waals surface area contributed by atoms with Crippen LogP contribution < -0.4 is 0 Å². The van der Waals surface area contributed by atoms with E-state index in [0.717, 1.165) is 37.9 Å². The summed E-state index contributed by atoms with van der Waals surface area (Å²) in [6, 6.07) is 16.8. The van der Waals surface area contributed by atoms with Gasteiger partial charge in [0, 0.05) is 35.7 Å². The zero-order valence-electron chi connectivity index (χ0n) is 14.8. The lowest BCUT2D eigenvalue weighted by atomic mass is 9.93. The summed E-state index contributed by atoms with van der Waals surface area (Å²) in [5, 5.41) is 8.98. The Hall–Kier alpha value is -2.66. The minimum atomic E-state index is 0.0641. The second kappa shape index (κ2) is 7.92. The number of hydrogen-bond acceptors (Lipinski definition) is 4. The fraction of sp³-hybridized carbons (Fsp3) is 0.286. The third kappa shape index (κ3) is 4.19. The Balaban J connectivity index is 1.33. The highest BCUT2D eigenvalue weighted by atomic mass is 35.5. The third-order valence-electron chi connectivity index (χ3n) is 4.94. The average Bonchev–Trinajstić information content (AvgIpc) is 3.18. The molecule has 3 aromatic rings. The lowest BCUT2D eigenvalue weighted by molar-refractivity contribution is 0.0688. The summed E-state index contributed by atoms with van der Waals surface area (Å²) < 4.78 is 5.81. The Morgan fingerprint density at radius 1 is 1.04 bits per heavy atom. The van der Waals surface area contributed by atoms with E-state index >= 15 is 0 Å². The van der Waals surface area contributed by atoms with Crippen LogP contribution in [-0.2, 0) is 6.42 Å². The SMILES string of the molecule is O=C(c1ccc(Cl)cc1)N1CCC(Cc2nnc(-c3ccccc3)o2)CC1. The molecule has 6 heteroatoms. The topological polar surface area (TPSA) is 59.2 Å². The fourth-order valence-electron chi connectivity index (χ4n) is 3.40. The molecule has 138 valence electrons. The monoisotopic (exact) mass is 381 g/mol. The van der Waals surface area contributed by atoms with Crippen LogP contribution in [0, 0.1) is 5.92 Å². The summed E-state index contributed by atoms with van der Waals surface area (Å²) >= 11 is 5.89. The van der Waals surface area contributed by atoms with Crippen molar-refractivity contribution in [2.45, 2.75) is 19.3 Å². The predicted molar refractivity (Wildman–Crippen MR) is 104 cm³/mol. The number of carbonyl (C=O) groups is 1. The number of benzene rings is 2. The van der Waals surface area contributed by atoms with Crippen molar-refractivity contribution >= 4 is 17.5 Å². The van der Waals surface area contributed by atoms with Gasteiger partial charge in [-0.2, -0.15) is 0 Å². The molecule has 1 aliphatic heterocycles. The van der Waals surface area contributed by atoms with Gasteiger partial charge in [0.2, 0.25) is 11.8 Å². The van der Waals surface area contributed by atoms with E-state index in [1.165, 1.54) is 0 Å². The molecule has 2 heterocycles. The highest BCUT2D eigenvalue weighted by molar-refractivity contribution is 6.30. The molecule has 0 bridgehead atoms. The second-order valence-corrected chi connectivity index (χ2v) is 7.25. The van der Waals surface area contributed by atoms with Crippen LogP contribution >= 0.6 is 11.6 Å². The molecule has 1 amide bonds. The first kappa shape index (κ1) is 17.7. The first-order chi connectivity index (χ1) is 13.2. The number of piperidine rings is 1. The Kier molecular flexibility index (Phi) is 5.21. The largest absolute Gasteiger partial charge is 0.421 e. The number of likely N-dealkylation sites (tertiary alicyclic amines) is 1. The smallest absolute Gasteiger partial charge is 0.253 e. The molecule has 2 aromatic carbocycles. The van der Waals surface area contributed by atoms with Crippen molar-refractivity contribution in [3.05, 3.63) is 71.1 Å². The molecule has 5 nitrogen and oxygen atoms in total. The van der Waals surface area contributed by atoms with Crippen molar-refractivity contribution in [1.82, 2.24) is 15.1 Å². The molecule has 27 heavy (non-hydrogen) atoms. The van der Waals surface area contributed by atoms with Crippen LogP contribution in [-0.4, -0.2) is 34.1 Å². The van der Waals surface area contributed by atoms with Crippen LogP contribution in [0.5, 0.6) is 0 Å². The minimum absolute atomic E-state index is 0.0641. The van der Waals surface area contributed by atoms with Crippen LogP contribution in [0.4, 0.5) is 0 Å². The van der Waals surface area contributed by atoms with E-state index in [0.29, 0.717) is 28.3 Å².